The van der Waals surface area contributed by atoms with Gasteiger partial charge in [-0.25, -0.2) is 0 Å². The second kappa shape index (κ2) is 10.8. The van der Waals surface area contributed by atoms with Crippen LogP contribution in [0.1, 0.15) is 74.6 Å². The topological polar surface area (TPSA) is 63.6 Å². The Balaban J connectivity index is 1.54. The van der Waals surface area contributed by atoms with E-state index in [0.717, 1.165) is 23.5 Å². The maximum absolute atomic E-state index is 12.4. The SMILES string of the molecule is CC(C)c1cc(C(C)Cc2ccc3c(c2)[S+](c2ccccc2)c2ccccc2O3)cc(C(C)C)c1S(=O)(=O)O. The van der Waals surface area contributed by atoms with Crippen LogP contribution in [0.15, 0.2) is 105 Å². The highest BCUT2D eigenvalue weighted by Crippen LogP contribution is 2.47. The number of ether oxygens (including phenoxy) is 1. The van der Waals surface area contributed by atoms with E-state index >= 15 is 0 Å². The van der Waals surface area contributed by atoms with Crippen molar-refractivity contribution in [3.05, 3.63) is 107 Å². The summed E-state index contributed by atoms with van der Waals surface area (Å²) in [5.74, 6) is 1.85. The quantitative estimate of drug-likeness (QED) is 0.160. The second-order valence-electron chi connectivity index (χ2n) is 10.9. The molecule has 4 nitrogen and oxygen atoms in total. The smallest absolute Gasteiger partial charge is 0.295 e. The molecule has 0 fully saturated rings. The standard InChI is InChI=1S/C33H34O4S2/c1-21(2)27-19-25(20-28(22(3)4)33(27)39(34,35)36)23(5)17-24-15-16-30-32(18-24)38(26-11-7-6-8-12-26)31-14-10-9-13-29(31)37-30/h6-16,18-23H,17H2,1-5H3/p+1. The van der Waals surface area contributed by atoms with Crippen LogP contribution >= 0.6 is 0 Å². The molecule has 1 aliphatic rings. The molecule has 0 aromatic heterocycles. The highest BCUT2D eigenvalue weighted by molar-refractivity contribution is 7.97. The fourth-order valence-electron chi connectivity index (χ4n) is 5.28. The zero-order valence-electron chi connectivity index (χ0n) is 23.0. The summed E-state index contributed by atoms with van der Waals surface area (Å²) in [5.41, 5.74) is 3.63. The first-order valence-electron chi connectivity index (χ1n) is 13.4. The Morgan fingerprint density at radius 1 is 0.744 bits per heavy atom. The van der Waals surface area contributed by atoms with Gasteiger partial charge in [0.2, 0.25) is 9.79 Å². The zero-order valence-corrected chi connectivity index (χ0v) is 24.6. The summed E-state index contributed by atoms with van der Waals surface area (Å²) in [6, 6.07) is 29.3. The summed E-state index contributed by atoms with van der Waals surface area (Å²) in [7, 11) is -4.62. The van der Waals surface area contributed by atoms with E-state index in [1.807, 2.05) is 58.0 Å². The molecule has 1 heterocycles. The van der Waals surface area contributed by atoms with E-state index in [1.54, 1.807) is 0 Å². The first-order valence-corrected chi connectivity index (χ1v) is 16.1. The molecule has 0 saturated carbocycles. The molecule has 1 aliphatic heterocycles. The number of para-hydroxylation sites is 1. The summed E-state index contributed by atoms with van der Waals surface area (Å²) < 4.78 is 41.1. The maximum Gasteiger partial charge on any atom is 0.295 e. The fourth-order valence-corrected chi connectivity index (χ4v) is 8.75. The van der Waals surface area contributed by atoms with Crippen LogP contribution in [0, 0.1) is 0 Å². The Morgan fingerprint density at radius 2 is 1.33 bits per heavy atom. The molecule has 202 valence electrons. The molecule has 1 N–H and O–H groups in total. The lowest BCUT2D eigenvalue weighted by molar-refractivity contribution is 0.452. The summed E-state index contributed by atoms with van der Waals surface area (Å²) in [6.45, 7) is 10.0. The van der Waals surface area contributed by atoms with Gasteiger partial charge in [-0.15, -0.1) is 0 Å². The summed E-state index contributed by atoms with van der Waals surface area (Å²) in [5, 5.41) is 0. The van der Waals surface area contributed by atoms with Crippen molar-refractivity contribution in [1.29, 1.82) is 0 Å². The lowest BCUT2D eigenvalue weighted by Gasteiger charge is -2.23. The molecule has 2 unspecified atom stereocenters. The first kappa shape index (κ1) is 27.5. The third kappa shape index (κ3) is 5.51. The monoisotopic (exact) mass is 559 g/mol. The largest absolute Gasteiger partial charge is 0.447 e. The van der Waals surface area contributed by atoms with Gasteiger partial charge in [0.05, 0.1) is 0 Å². The summed E-state index contributed by atoms with van der Waals surface area (Å²) >= 11 is 0. The van der Waals surface area contributed by atoms with Gasteiger partial charge < -0.3 is 4.74 Å². The van der Waals surface area contributed by atoms with Crippen LogP contribution in [0.25, 0.3) is 0 Å². The van der Waals surface area contributed by atoms with Gasteiger partial charge in [-0.1, -0.05) is 83.1 Å². The van der Waals surface area contributed by atoms with Crippen LogP contribution in [0.2, 0.25) is 0 Å². The third-order valence-electron chi connectivity index (χ3n) is 7.28. The van der Waals surface area contributed by atoms with Gasteiger partial charge in [0.15, 0.2) is 16.4 Å². The Labute approximate surface area is 235 Å². The van der Waals surface area contributed by atoms with Crippen molar-refractivity contribution >= 4 is 21.0 Å². The summed E-state index contributed by atoms with van der Waals surface area (Å²) in [4.78, 5) is 3.69. The van der Waals surface area contributed by atoms with Crippen LogP contribution in [-0.4, -0.2) is 13.0 Å². The van der Waals surface area contributed by atoms with Gasteiger partial charge >= 0.3 is 0 Å². The van der Waals surface area contributed by atoms with E-state index < -0.39 is 10.1 Å². The van der Waals surface area contributed by atoms with E-state index in [2.05, 4.69) is 61.5 Å². The molecule has 0 bridgehead atoms. The van der Waals surface area contributed by atoms with Gasteiger partial charge in [-0.2, -0.15) is 8.42 Å². The van der Waals surface area contributed by atoms with Gasteiger partial charge in [0, 0.05) is 6.07 Å². The minimum Gasteiger partial charge on any atom is -0.447 e. The highest BCUT2D eigenvalue weighted by Gasteiger charge is 2.39. The lowest BCUT2D eigenvalue weighted by atomic mass is 9.86. The third-order valence-corrected chi connectivity index (χ3v) is 10.5. The zero-order chi connectivity index (χ0) is 27.9. The van der Waals surface area contributed by atoms with Crippen LogP contribution in [0.4, 0.5) is 0 Å². The molecule has 0 aliphatic carbocycles. The van der Waals surface area contributed by atoms with E-state index in [9.17, 15) is 13.0 Å². The molecule has 0 radical (unpaired) electrons. The number of benzene rings is 4. The van der Waals surface area contributed by atoms with Crippen molar-refractivity contribution in [3.63, 3.8) is 0 Å². The molecule has 0 saturated heterocycles. The second-order valence-corrected chi connectivity index (χ2v) is 14.2. The first-order chi connectivity index (χ1) is 18.5. The predicted molar refractivity (Wildman–Crippen MR) is 158 cm³/mol. The van der Waals surface area contributed by atoms with Crippen molar-refractivity contribution in [2.45, 2.75) is 78.4 Å². The molecule has 0 amide bonds. The highest BCUT2D eigenvalue weighted by atomic mass is 32.2. The van der Waals surface area contributed by atoms with Crippen molar-refractivity contribution in [3.8, 4) is 11.5 Å². The molecular formula is C33H35O4S2+. The molecule has 4 aromatic rings. The Bertz CT molecular complexity index is 1580. The number of rotatable bonds is 7. The van der Waals surface area contributed by atoms with Crippen molar-refractivity contribution in [2.75, 3.05) is 0 Å². The van der Waals surface area contributed by atoms with E-state index in [0.29, 0.717) is 11.1 Å². The molecule has 4 aromatic carbocycles. The van der Waals surface area contributed by atoms with Gasteiger partial charge in [-0.05, 0) is 76.8 Å². The molecule has 0 spiro atoms. The minimum absolute atomic E-state index is 0.0413. The Morgan fingerprint density at radius 3 is 1.95 bits per heavy atom. The van der Waals surface area contributed by atoms with E-state index in [4.69, 9.17) is 4.74 Å². The van der Waals surface area contributed by atoms with Crippen molar-refractivity contribution in [1.82, 2.24) is 0 Å². The van der Waals surface area contributed by atoms with E-state index in [1.165, 1.54) is 20.2 Å². The molecular weight excluding hydrogens is 524 g/mol. The average Bonchev–Trinajstić information content (AvgIpc) is 2.90. The fraction of sp³-hybridized carbons (Fsp3) is 0.273. The van der Waals surface area contributed by atoms with Gasteiger partial charge in [0.25, 0.3) is 10.1 Å². The molecule has 2 atom stereocenters. The van der Waals surface area contributed by atoms with Crippen LogP contribution in [-0.2, 0) is 27.4 Å². The van der Waals surface area contributed by atoms with E-state index in [-0.39, 0.29) is 33.5 Å². The Kier molecular flexibility index (Phi) is 7.64. The van der Waals surface area contributed by atoms with Crippen molar-refractivity contribution in [2.24, 2.45) is 0 Å². The summed E-state index contributed by atoms with van der Waals surface area (Å²) in [6.07, 6.45) is 0.793. The lowest BCUT2D eigenvalue weighted by Crippen LogP contribution is -2.14. The van der Waals surface area contributed by atoms with Crippen LogP contribution < -0.4 is 4.74 Å². The maximum atomic E-state index is 12.4. The number of hydrogen-bond donors (Lipinski definition) is 1. The normalized spacial score (nSPS) is 15.5. The Hall–Kier alpha value is -3.06. The van der Waals surface area contributed by atoms with Crippen molar-refractivity contribution < 1.29 is 17.7 Å². The predicted octanol–water partition coefficient (Wildman–Crippen LogP) is 8.73. The van der Waals surface area contributed by atoms with Crippen LogP contribution in [0.5, 0.6) is 11.5 Å². The van der Waals surface area contributed by atoms with Crippen LogP contribution in [0.3, 0.4) is 0 Å². The number of fused-ring (bicyclic) bond motifs is 2. The minimum atomic E-state index is -4.34. The van der Waals surface area contributed by atoms with Gasteiger partial charge in [0.1, 0.15) is 15.8 Å². The molecule has 6 heteroatoms. The number of hydrogen-bond acceptors (Lipinski definition) is 3. The van der Waals surface area contributed by atoms with Gasteiger partial charge in [-0.3, -0.25) is 4.55 Å². The molecule has 39 heavy (non-hydrogen) atoms. The average molecular weight is 560 g/mol. The molecule has 5 rings (SSSR count).